The molecule has 3 rings (SSSR count). The molecule has 1 aromatic carbocycles. The van der Waals surface area contributed by atoms with Gasteiger partial charge in [-0.2, -0.15) is 4.98 Å². The molecule has 1 aromatic heterocycles. The molecule has 1 heterocycles. The van der Waals surface area contributed by atoms with Gasteiger partial charge in [-0.3, -0.25) is 0 Å². The van der Waals surface area contributed by atoms with Crippen molar-refractivity contribution in [2.75, 3.05) is 0 Å². The van der Waals surface area contributed by atoms with Crippen molar-refractivity contribution in [1.82, 2.24) is 10.1 Å². The van der Waals surface area contributed by atoms with Gasteiger partial charge in [0.25, 0.3) is 5.89 Å². The molecule has 1 fully saturated rings. The molecule has 0 radical (unpaired) electrons. The van der Waals surface area contributed by atoms with Gasteiger partial charge in [-0.15, -0.1) is 0 Å². The number of rotatable bonds is 2. The Morgan fingerprint density at radius 3 is 2.83 bits per heavy atom. The standard InChI is InChI=1S/C12H11BrClN3O/c13-7-2-3-9(14)8(6-7)10-16-11(17-18-10)12(15)4-1-5-12/h2-3,6H,1,4-5,15H2. The van der Waals surface area contributed by atoms with Gasteiger partial charge in [-0.25, -0.2) is 0 Å². The van der Waals surface area contributed by atoms with Gasteiger partial charge in [0.05, 0.1) is 16.1 Å². The lowest BCUT2D eigenvalue weighted by Gasteiger charge is -2.34. The van der Waals surface area contributed by atoms with Crippen LogP contribution in [0.25, 0.3) is 11.5 Å². The number of hydrogen-bond donors (Lipinski definition) is 1. The van der Waals surface area contributed by atoms with E-state index in [1.54, 1.807) is 6.07 Å². The Morgan fingerprint density at radius 1 is 1.39 bits per heavy atom. The van der Waals surface area contributed by atoms with Crippen LogP contribution in [-0.4, -0.2) is 10.1 Å². The SMILES string of the molecule is NC1(c2noc(-c3cc(Br)ccc3Cl)n2)CCC1. The third kappa shape index (κ3) is 1.96. The zero-order chi connectivity index (χ0) is 12.8. The molecule has 0 atom stereocenters. The van der Waals surface area contributed by atoms with Crippen LogP contribution in [0.2, 0.25) is 5.02 Å². The molecule has 0 amide bonds. The molecule has 6 heteroatoms. The summed E-state index contributed by atoms with van der Waals surface area (Å²) in [6.07, 6.45) is 2.91. The molecule has 0 unspecified atom stereocenters. The topological polar surface area (TPSA) is 64.9 Å². The number of benzene rings is 1. The van der Waals surface area contributed by atoms with Crippen LogP contribution in [0.15, 0.2) is 27.2 Å². The van der Waals surface area contributed by atoms with E-state index in [2.05, 4.69) is 26.1 Å². The molecule has 94 valence electrons. The molecule has 0 bridgehead atoms. The summed E-state index contributed by atoms with van der Waals surface area (Å²) in [6, 6.07) is 5.50. The predicted octanol–water partition coefficient (Wildman–Crippen LogP) is 3.49. The van der Waals surface area contributed by atoms with Crippen LogP contribution in [0.4, 0.5) is 0 Å². The van der Waals surface area contributed by atoms with Gasteiger partial charge in [0.2, 0.25) is 0 Å². The van der Waals surface area contributed by atoms with Crippen molar-refractivity contribution in [3.8, 4) is 11.5 Å². The molecule has 0 aliphatic heterocycles. The van der Waals surface area contributed by atoms with E-state index in [9.17, 15) is 0 Å². The van der Waals surface area contributed by atoms with E-state index < -0.39 is 5.54 Å². The smallest absolute Gasteiger partial charge is 0.259 e. The van der Waals surface area contributed by atoms with Crippen molar-refractivity contribution in [2.45, 2.75) is 24.8 Å². The minimum Gasteiger partial charge on any atom is -0.334 e. The number of nitrogens with two attached hydrogens (primary N) is 1. The summed E-state index contributed by atoms with van der Waals surface area (Å²) in [5.74, 6) is 0.979. The first kappa shape index (κ1) is 12.1. The molecule has 0 saturated heterocycles. The quantitative estimate of drug-likeness (QED) is 0.916. The van der Waals surface area contributed by atoms with Gasteiger partial charge >= 0.3 is 0 Å². The summed E-state index contributed by atoms with van der Waals surface area (Å²) in [7, 11) is 0. The zero-order valence-corrected chi connectivity index (χ0v) is 11.8. The minimum atomic E-state index is -0.416. The first-order valence-electron chi connectivity index (χ1n) is 5.67. The van der Waals surface area contributed by atoms with Crippen LogP contribution in [0.1, 0.15) is 25.1 Å². The normalized spacial score (nSPS) is 17.5. The summed E-state index contributed by atoms with van der Waals surface area (Å²) in [5, 5.41) is 4.55. The highest BCUT2D eigenvalue weighted by molar-refractivity contribution is 9.10. The lowest BCUT2D eigenvalue weighted by atomic mass is 9.77. The van der Waals surface area contributed by atoms with Crippen molar-refractivity contribution in [3.05, 3.63) is 33.5 Å². The van der Waals surface area contributed by atoms with Crippen molar-refractivity contribution in [2.24, 2.45) is 5.73 Å². The van der Waals surface area contributed by atoms with Crippen LogP contribution in [0.3, 0.4) is 0 Å². The summed E-state index contributed by atoms with van der Waals surface area (Å²) in [5.41, 5.74) is 6.46. The van der Waals surface area contributed by atoms with Crippen molar-refractivity contribution in [3.63, 3.8) is 0 Å². The van der Waals surface area contributed by atoms with Crippen molar-refractivity contribution in [1.29, 1.82) is 0 Å². The van der Waals surface area contributed by atoms with Crippen LogP contribution >= 0.6 is 27.5 Å². The fraction of sp³-hybridized carbons (Fsp3) is 0.333. The summed E-state index contributed by atoms with van der Waals surface area (Å²) in [4.78, 5) is 4.37. The van der Waals surface area contributed by atoms with Gasteiger partial charge in [0, 0.05) is 4.47 Å². The number of halogens is 2. The maximum atomic E-state index is 6.16. The zero-order valence-electron chi connectivity index (χ0n) is 9.49. The Balaban J connectivity index is 2.00. The van der Waals surface area contributed by atoms with E-state index >= 15 is 0 Å². The van der Waals surface area contributed by atoms with E-state index in [4.69, 9.17) is 21.9 Å². The van der Waals surface area contributed by atoms with E-state index in [1.807, 2.05) is 12.1 Å². The fourth-order valence-electron chi connectivity index (χ4n) is 1.98. The summed E-state index contributed by atoms with van der Waals surface area (Å²) >= 11 is 9.51. The first-order valence-corrected chi connectivity index (χ1v) is 6.84. The highest BCUT2D eigenvalue weighted by Gasteiger charge is 2.39. The second-order valence-electron chi connectivity index (χ2n) is 4.56. The Hall–Kier alpha value is -0.910. The Morgan fingerprint density at radius 2 is 2.17 bits per heavy atom. The molecular weight excluding hydrogens is 318 g/mol. The Bertz CT molecular complexity index is 595. The third-order valence-corrected chi connectivity index (χ3v) is 4.10. The second kappa shape index (κ2) is 4.33. The van der Waals surface area contributed by atoms with Crippen molar-refractivity contribution >= 4 is 27.5 Å². The van der Waals surface area contributed by atoms with E-state index in [0.29, 0.717) is 22.3 Å². The first-order chi connectivity index (χ1) is 8.58. The average Bonchev–Trinajstić information content (AvgIpc) is 2.79. The molecule has 1 saturated carbocycles. The van der Waals surface area contributed by atoms with Gasteiger partial charge in [0.15, 0.2) is 5.82 Å². The maximum Gasteiger partial charge on any atom is 0.259 e. The summed E-state index contributed by atoms with van der Waals surface area (Å²) in [6.45, 7) is 0. The molecule has 1 aliphatic rings. The van der Waals surface area contributed by atoms with E-state index in [-0.39, 0.29) is 0 Å². The lowest BCUT2D eigenvalue weighted by Crippen LogP contribution is -2.44. The molecule has 2 aromatic rings. The van der Waals surface area contributed by atoms with Gasteiger partial charge in [-0.05, 0) is 37.5 Å². The number of hydrogen-bond acceptors (Lipinski definition) is 4. The number of nitrogens with zero attached hydrogens (tertiary/aromatic N) is 2. The molecule has 18 heavy (non-hydrogen) atoms. The largest absolute Gasteiger partial charge is 0.334 e. The van der Waals surface area contributed by atoms with E-state index in [0.717, 1.165) is 23.7 Å². The average molecular weight is 329 g/mol. The van der Waals surface area contributed by atoms with Crippen molar-refractivity contribution < 1.29 is 4.52 Å². The van der Waals surface area contributed by atoms with Crippen LogP contribution < -0.4 is 5.73 Å². The van der Waals surface area contributed by atoms with Gasteiger partial charge in [-0.1, -0.05) is 32.7 Å². The fourth-order valence-corrected chi connectivity index (χ4v) is 2.54. The predicted molar refractivity (Wildman–Crippen MR) is 72.2 cm³/mol. The number of aromatic nitrogens is 2. The molecule has 0 spiro atoms. The molecule has 1 aliphatic carbocycles. The van der Waals surface area contributed by atoms with Crippen LogP contribution in [0.5, 0.6) is 0 Å². The molecule has 2 N–H and O–H groups in total. The van der Waals surface area contributed by atoms with Gasteiger partial charge in [0.1, 0.15) is 0 Å². The second-order valence-corrected chi connectivity index (χ2v) is 5.88. The summed E-state index contributed by atoms with van der Waals surface area (Å²) < 4.78 is 6.17. The highest BCUT2D eigenvalue weighted by Crippen LogP contribution is 2.38. The Kier molecular flexibility index (Phi) is 2.92. The van der Waals surface area contributed by atoms with Crippen LogP contribution in [-0.2, 0) is 5.54 Å². The molecular formula is C12H11BrClN3O. The highest BCUT2D eigenvalue weighted by atomic mass is 79.9. The Labute approximate surface area is 118 Å². The molecule has 4 nitrogen and oxygen atoms in total. The maximum absolute atomic E-state index is 6.16. The van der Waals surface area contributed by atoms with E-state index in [1.165, 1.54) is 0 Å². The third-order valence-electron chi connectivity index (χ3n) is 3.28. The monoisotopic (exact) mass is 327 g/mol. The van der Waals surface area contributed by atoms with Gasteiger partial charge < -0.3 is 10.3 Å². The van der Waals surface area contributed by atoms with Crippen LogP contribution in [0, 0.1) is 0 Å². The lowest BCUT2D eigenvalue weighted by molar-refractivity contribution is 0.229. The minimum absolute atomic E-state index is 0.410.